The lowest BCUT2D eigenvalue weighted by molar-refractivity contribution is 0.102. The number of anilines is 2. The van der Waals surface area contributed by atoms with Gasteiger partial charge in [-0.05, 0) is 24.3 Å². The van der Waals surface area contributed by atoms with E-state index in [0.717, 1.165) is 0 Å². The molecule has 0 aromatic heterocycles. The van der Waals surface area contributed by atoms with Crippen LogP contribution in [0.4, 0.5) is 20.6 Å². The van der Waals surface area contributed by atoms with Gasteiger partial charge in [0.15, 0.2) is 5.75 Å². The normalized spacial score (nSPS) is 10.4. The lowest BCUT2D eigenvalue weighted by Crippen LogP contribution is -2.34. The van der Waals surface area contributed by atoms with Crippen LogP contribution in [0.25, 0.3) is 11.1 Å². The summed E-state index contributed by atoms with van der Waals surface area (Å²) in [5.41, 5.74) is 11.9. The Morgan fingerprint density at radius 3 is 2.39 bits per heavy atom. The van der Waals surface area contributed by atoms with Crippen LogP contribution in [0.15, 0.2) is 54.6 Å². The van der Waals surface area contributed by atoms with Crippen LogP contribution in [-0.4, -0.2) is 22.0 Å². The predicted octanol–water partition coefficient (Wildman–Crippen LogP) is 4.03. The molecule has 3 aromatic rings. The number of carbonyl (C=O) groups is 2. The molecule has 0 spiro atoms. The highest BCUT2D eigenvalue weighted by molar-refractivity contribution is 7.80. The van der Waals surface area contributed by atoms with Crippen molar-refractivity contribution in [3.05, 3.63) is 76.6 Å². The molecule has 0 heterocycles. The lowest BCUT2D eigenvalue weighted by atomic mass is 9.98. The molecule has 7 nitrogen and oxygen atoms in total. The van der Waals surface area contributed by atoms with Gasteiger partial charge in [-0.25, -0.2) is 9.18 Å². The van der Waals surface area contributed by atoms with Crippen molar-refractivity contribution in [2.45, 2.75) is 0 Å². The van der Waals surface area contributed by atoms with Gasteiger partial charge < -0.3 is 21.9 Å². The number of carbonyl (C=O) groups excluding carboxylic acids is 2. The van der Waals surface area contributed by atoms with E-state index in [1.165, 1.54) is 24.3 Å². The summed E-state index contributed by atoms with van der Waals surface area (Å²) < 4.78 is 14.0. The van der Waals surface area contributed by atoms with E-state index < -0.39 is 23.5 Å². The van der Waals surface area contributed by atoms with E-state index in [2.05, 4.69) is 10.6 Å². The van der Waals surface area contributed by atoms with Crippen molar-refractivity contribution in [1.29, 1.82) is 0 Å². The second-order valence-electron chi connectivity index (χ2n) is 6.34. The minimum atomic E-state index is -0.927. The molecular weight excluding hydrogens is 443 g/mol. The van der Waals surface area contributed by atoms with Gasteiger partial charge in [0.25, 0.3) is 5.91 Å². The number of primary amides is 1. The number of para-hydroxylation sites is 1. The van der Waals surface area contributed by atoms with E-state index in [0.29, 0.717) is 11.3 Å². The van der Waals surface area contributed by atoms with E-state index in [1.807, 2.05) is 0 Å². The minimum absolute atomic E-state index is 0.00400. The number of halogens is 2. The molecule has 0 fully saturated rings. The number of phenolic OH excluding ortho intramolecular Hbond substituents is 1. The van der Waals surface area contributed by atoms with Crippen LogP contribution in [-0.2, 0) is 0 Å². The Morgan fingerprint density at radius 1 is 1.06 bits per heavy atom. The van der Waals surface area contributed by atoms with E-state index in [1.54, 1.807) is 30.3 Å². The first-order chi connectivity index (χ1) is 14.7. The summed E-state index contributed by atoms with van der Waals surface area (Å²) in [4.78, 5) is 23.4. The molecular formula is C21H16ClFN4O3S. The molecule has 3 amide bonds. The van der Waals surface area contributed by atoms with Crippen molar-refractivity contribution in [2.75, 3.05) is 11.1 Å². The number of benzene rings is 3. The largest absolute Gasteiger partial charge is 0.505 e. The number of hydrogen-bond donors (Lipinski definition) is 5. The van der Waals surface area contributed by atoms with Gasteiger partial charge in [-0.3, -0.25) is 10.1 Å². The number of rotatable bonds is 4. The van der Waals surface area contributed by atoms with Crippen LogP contribution in [0.5, 0.6) is 5.75 Å². The summed E-state index contributed by atoms with van der Waals surface area (Å²) in [6.45, 7) is 0. The Labute approximate surface area is 186 Å². The topological polar surface area (TPSA) is 130 Å². The van der Waals surface area contributed by atoms with Crippen LogP contribution >= 0.6 is 23.8 Å². The van der Waals surface area contributed by atoms with E-state index in [4.69, 9.17) is 35.3 Å². The van der Waals surface area contributed by atoms with Gasteiger partial charge in [-0.15, -0.1) is 0 Å². The fraction of sp³-hybridized carbons (Fsp3) is 0. The third kappa shape index (κ3) is 4.57. The second-order valence-corrected chi connectivity index (χ2v) is 7.16. The first kappa shape index (κ1) is 22.0. The van der Waals surface area contributed by atoms with Crippen molar-refractivity contribution >= 4 is 52.1 Å². The predicted molar refractivity (Wildman–Crippen MR) is 122 cm³/mol. The van der Waals surface area contributed by atoms with Crippen LogP contribution < -0.4 is 22.1 Å². The molecule has 10 heteroatoms. The number of nitrogens with one attached hydrogen (secondary N) is 2. The molecule has 31 heavy (non-hydrogen) atoms. The third-order valence-corrected chi connectivity index (χ3v) is 4.94. The molecule has 0 bridgehead atoms. The maximum absolute atomic E-state index is 14.0. The average Bonchev–Trinajstić information content (AvgIpc) is 2.71. The van der Waals surface area contributed by atoms with Crippen molar-refractivity contribution in [2.24, 2.45) is 5.73 Å². The third-order valence-electron chi connectivity index (χ3n) is 4.34. The molecule has 0 unspecified atom stereocenters. The summed E-state index contributed by atoms with van der Waals surface area (Å²) in [6.07, 6.45) is 0. The number of hydrogen-bond acceptors (Lipinski definition) is 5. The highest BCUT2D eigenvalue weighted by Gasteiger charge is 2.22. The Bertz CT molecular complexity index is 1220. The minimum Gasteiger partial charge on any atom is -0.505 e. The molecule has 0 atom stereocenters. The number of nitrogens with two attached hydrogens (primary N) is 2. The average molecular weight is 459 g/mol. The van der Waals surface area contributed by atoms with E-state index >= 15 is 0 Å². The quantitative estimate of drug-likeness (QED) is 0.229. The zero-order valence-electron chi connectivity index (χ0n) is 15.8. The van der Waals surface area contributed by atoms with Gasteiger partial charge in [0.05, 0.1) is 21.8 Å². The van der Waals surface area contributed by atoms with Gasteiger partial charge in [0, 0.05) is 16.8 Å². The van der Waals surface area contributed by atoms with Crippen molar-refractivity contribution in [3.8, 4) is 16.9 Å². The SMILES string of the molecule is NC(=O)NC(=S)c1c(Cl)cc(-c2ccccc2NC(=O)c2ccccc2F)c(N)c1O. The van der Waals surface area contributed by atoms with Crippen LogP contribution in [0, 0.1) is 5.82 Å². The fourth-order valence-corrected chi connectivity index (χ4v) is 3.58. The van der Waals surface area contributed by atoms with Crippen molar-refractivity contribution in [3.63, 3.8) is 0 Å². The maximum atomic E-state index is 14.0. The van der Waals surface area contributed by atoms with Crippen molar-refractivity contribution in [1.82, 2.24) is 5.32 Å². The fourth-order valence-electron chi connectivity index (χ4n) is 2.93. The first-order valence-electron chi connectivity index (χ1n) is 8.77. The molecule has 0 aliphatic carbocycles. The Balaban J connectivity index is 2.05. The standard InChI is InChI=1S/C21H16ClFN4O3S/c22-13-9-12(17(24)18(28)16(13)20(31)27-21(25)30)10-5-2-4-8-15(10)26-19(29)11-6-1-3-7-14(11)23/h1-9,28H,24H2,(H,26,29)(H3,25,27,30,31). The summed E-state index contributed by atoms with van der Waals surface area (Å²) in [5.74, 6) is -1.79. The number of aromatic hydroxyl groups is 1. The summed E-state index contributed by atoms with van der Waals surface area (Å²) in [5, 5.41) is 15.4. The van der Waals surface area contributed by atoms with Crippen LogP contribution in [0.3, 0.4) is 0 Å². The van der Waals surface area contributed by atoms with E-state index in [-0.39, 0.29) is 32.4 Å². The highest BCUT2D eigenvalue weighted by Crippen LogP contribution is 2.42. The van der Waals surface area contributed by atoms with Crippen molar-refractivity contribution < 1.29 is 19.1 Å². The van der Waals surface area contributed by atoms with Crippen LogP contribution in [0.1, 0.15) is 15.9 Å². The molecule has 3 aromatic carbocycles. The first-order valence-corrected chi connectivity index (χ1v) is 9.56. The van der Waals surface area contributed by atoms with Crippen LogP contribution in [0.2, 0.25) is 5.02 Å². The zero-order valence-corrected chi connectivity index (χ0v) is 17.4. The number of thiocarbonyl (C=S) groups is 1. The molecule has 3 rings (SSSR count). The summed E-state index contributed by atoms with van der Waals surface area (Å²) >= 11 is 11.3. The molecule has 7 N–H and O–H groups in total. The summed E-state index contributed by atoms with van der Waals surface area (Å²) in [6, 6.07) is 12.6. The number of phenols is 1. The Morgan fingerprint density at radius 2 is 1.71 bits per heavy atom. The lowest BCUT2D eigenvalue weighted by Gasteiger charge is -2.17. The maximum Gasteiger partial charge on any atom is 0.317 e. The summed E-state index contributed by atoms with van der Waals surface area (Å²) in [7, 11) is 0. The molecule has 0 aliphatic rings. The van der Waals surface area contributed by atoms with Gasteiger partial charge >= 0.3 is 6.03 Å². The molecule has 0 radical (unpaired) electrons. The Kier molecular flexibility index (Phi) is 6.38. The second kappa shape index (κ2) is 8.99. The highest BCUT2D eigenvalue weighted by atomic mass is 35.5. The van der Waals surface area contributed by atoms with Gasteiger partial charge in [-0.2, -0.15) is 0 Å². The smallest absolute Gasteiger partial charge is 0.317 e. The molecule has 0 saturated heterocycles. The molecule has 0 saturated carbocycles. The molecule has 0 aliphatic heterocycles. The number of urea groups is 1. The van der Waals surface area contributed by atoms with Gasteiger partial charge in [0.2, 0.25) is 0 Å². The molecule has 158 valence electrons. The van der Waals surface area contributed by atoms with Gasteiger partial charge in [0.1, 0.15) is 10.8 Å². The van der Waals surface area contributed by atoms with Gasteiger partial charge in [-0.1, -0.05) is 54.2 Å². The number of nitrogen functional groups attached to an aromatic ring is 1. The zero-order chi connectivity index (χ0) is 22.7. The Hall–Kier alpha value is -3.69. The monoisotopic (exact) mass is 458 g/mol. The van der Waals surface area contributed by atoms with E-state index in [9.17, 15) is 19.1 Å². The number of amides is 3.